The molecule has 0 aliphatic carbocycles. The van der Waals surface area contributed by atoms with Crippen LogP contribution in [0.3, 0.4) is 0 Å². The molecule has 0 amide bonds. The fraction of sp³-hybridized carbons (Fsp3) is 0.895. The normalized spacial score (nSPS) is 10.5. The molecule has 0 aliphatic heterocycles. The Balaban J connectivity index is 3.14. The lowest BCUT2D eigenvalue weighted by atomic mass is 10.0. The number of rotatable bonds is 17. The van der Waals surface area contributed by atoms with Gasteiger partial charge in [0.15, 0.2) is 0 Å². The molecule has 0 saturated carbocycles. The van der Waals surface area contributed by atoms with Crippen molar-refractivity contribution in [2.24, 2.45) is 0 Å². The van der Waals surface area contributed by atoms with E-state index in [9.17, 15) is 9.59 Å². The lowest BCUT2D eigenvalue weighted by molar-refractivity contribution is -0.145. The van der Waals surface area contributed by atoms with E-state index in [0.29, 0.717) is 6.42 Å². The summed E-state index contributed by atoms with van der Waals surface area (Å²) in [6.07, 6.45) is 15.6. The Labute approximate surface area is 147 Å². The summed E-state index contributed by atoms with van der Waals surface area (Å²) < 4.78 is 9.13. The summed E-state index contributed by atoms with van der Waals surface area (Å²) in [5.74, 6) is -0.271. The van der Waals surface area contributed by atoms with E-state index in [2.05, 4.69) is 11.7 Å². The van der Waals surface area contributed by atoms with Gasteiger partial charge in [-0.1, -0.05) is 84.0 Å². The van der Waals surface area contributed by atoms with E-state index in [1.165, 1.54) is 70.6 Å². The third-order valence-electron chi connectivity index (χ3n) is 4.06. The van der Waals surface area contributed by atoms with Crippen LogP contribution in [0.5, 0.6) is 0 Å². The topological polar surface area (TPSA) is 72.8 Å². The number of carbonyl (C=O) groups excluding carboxylic acids is 1. The Kier molecular flexibility index (Phi) is 17.1. The highest BCUT2D eigenvalue weighted by Gasteiger charge is 2.03. The van der Waals surface area contributed by atoms with Gasteiger partial charge in [0.1, 0.15) is 13.2 Å². The third-order valence-corrected chi connectivity index (χ3v) is 4.06. The molecule has 0 aliphatic rings. The number of hydrogen-bond donors (Lipinski definition) is 1. The van der Waals surface area contributed by atoms with E-state index >= 15 is 0 Å². The molecule has 0 radical (unpaired) electrons. The molecule has 5 heteroatoms. The average Bonchev–Trinajstić information content (AvgIpc) is 2.55. The van der Waals surface area contributed by atoms with Crippen LogP contribution in [-0.4, -0.2) is 30.4 Å². The van der Waals surface area contributed by atoms with E-state index < -0.39 is 6.16 Å². The second kappa shape index (κ2) is 18.1. The standard InChI is InChI=1S/C19H36O5/c1-2-3-4-5-6-7-8-9-10-11-12-13-14-15-18(20)23-16-17-24-19(21)22/h2-17H2,1H3,(H,21,22). The first kappa shape index (κ1) is 22.7. The Morgan fingerprint density at radius 2 is 1.08 bits per heavy atom. The minimum absolute atomic E-state index is 0.00355. The maximum Gasteiger partial charge on any atom is 0.505 e. The molecule has 0 saturated heterocycles. The van der Waals surface area contributed by atoms with E-state index in [4.69, 9.17) is 9.84 Å². The fourth-order valence-electron chi connectivity index (χ4n) is 2.64. The van der Waals surface area contributed by atoms with Gasteiger partial charge in [0, 0.05) is 6.42 Å². The van der Waals surface area contributed by atoms with Crippen LogP contribution in [0.4, 0.5) is 4.79 Å². The molecule has 0 atom stereocenters. The molecule has 0 aromatic rings. The highest BCUT2D eigenvalue weighted by Crippen LogP contribution is 2.13. The zero-order valence-electron chi connectivity index (χ0n) is 15.4. The van der Waals surface area contributed by atoms with E-state index in [-0.39, 0.29) is 19.2 Å². The van der Waals surface area contributed by atoms with Crippen molar-refractivity contribution in [3.05, 3.63) is 0 Å². The van der Waals surface area contributed by atoms with Crippen molar-refractivity contribution in [1.82, 2.24) is 0 Å². The number of carbonyl (C=O) groups is 2. The summed E-state index contributed by atoms with van der Waals surface area (Å²) in [7, 11) is 0. The van der Waals surface area contributed by atoms with Crippen LogP contribution >= 0.6 is 0 Å². The van der Waals surface area contributed by atoms with E-state index in [0.717, 1.165) is 12.8 Å². The van der Waals surface area contributed by atoms with Crippen molar-refractivity contribution in [2.45, 2.75) is 96.8 Å². The summed E-state index contributed by atoms with van der Waals surface area (Å²) in [4.78, 5) is 21.5. The predicted octanol–water partition coefficient (Wildman–Crippen LogP) is 5.71. The number of esters is 1. The van der Waals surface area contributed by atoms with E-state index in [1.807, 2.05) is 0 Å². The van der Waals surface area contributed by atoms with Gasteiger partial charge in [-0.25, -0.2) is 4.79 Å². The maximum absolute atomic E-state index is 11.4. The minimum atomic E-state index is -1.34. The largest absolute Gasteiger partial charge is 0.505 e. The number of carboxylic acid groups (broad SMARTS) is 1. The summed E-state index contributed by atoms with van der Waals surface area (Å²) in [6, 6.07) is 0. The Hall–Kier alpha value is -1.26. The first-order chi connectivity index (χ1) is 11.7. The average molecular weight is 344 g/mol. The number of unbranched alkanes of at least 4 members (excludes halogenated alkanes) is 12. The molecule has 0 aromatic heterocycles. The van der Waals surface area contributed by atoms with Crippen LogP contribution in [0.2, 0.25) is 0 Å². The van der Waals surface area contributed by atoms with Gasteiger partial charge in [-0.3, -0.25) is 4.79 Å². The second-order valence-corrected chi connectivity index (χ2v) is 6.33. The molecule has 1 N–H and O–H groups in total. The summed E-state index contributed by atoms with van der Waals surface area (Å²) in [6.45, 7) is 2.16. The number of hydrogen-bond acceptors (Lipinski definition) is 4. The second-order valence-electron chi connectivity index (χ2n) is 6.33. The molecule has 0 spiro atoms. The molecule has 0 rings (SSSR count). The summed E-state index contributed by atoms with van der Waals surface area (Å²) >= 11 is 0. The minimum Gasteiger partial charge on any atom is -0.462 e. The zero-order chi connectivity index (χ0) is 17.9. The molecular formula is C19H36O5. The van der Waals surface area contributed by atoms with Crippen molar-refractivity contribution in [3.8, 4) is 0 Å². The lowest BCUT2D eigenvalue weighted by Crippen LogP contribution is -2.12. The molecule has 142 valence electrons. The number of ether oxygens (including phenoxy) is 2. The van der Waals surface area contributed by atoms with Crippen LogP contribution in [0.25, 0.3) is 0 Å². The van der Waals surface area contributed by atoms with Crippen LogP contribution in [0, 0.1) is 0 Å². The Morgan fingerprint density at radius 3 is 1.54 bits per heavy atom. The molecular weight excluding hydrogens is 308 g/mol. The maximum atomic E-state index is 11.4. The van der Waals surface area contributed by atoms with Gasteiger partial charge >= 0.3 is 12.1 Å². The van der Waals surface area contributed by atoms with Gasteiger partial charge in [-0.05, 0) is 6.42 Å². The Bertz CT molecular complexity index is 304. The molecule has 5 nitrogen and oxygen atoms in total. The van der Waals surface area contributed by atoms with Gasteiger partial charge in [0.25, 0.3) is 0 Å². The van der Waals surface area contributed by atoms with Crippen LogP contribution in [0.1, 0.15) is 96.8 Å². The van der Waals surface area contributed by atoms with Crippen LogP contribution < -0.4 is 0 Å². The van der Waals surface area contributed by atoms with Crippen LogP contribution in [0.15, 0.2) is 0 Å². The molecule has 0 fully saturated rings. The van der Waals surface area contributed by atoms with Crippen molar-refractivity contribution >= 4 is 12.1 Å². The quantitative estimate of drug-likeness (QED) is 0.270. The van der Waals surface area contributed by atoms with Gasteiger partial charge in [0.05, 0.1) is 0 Å². The fourth-order valence-corrected chi connectivity index (χ4v) is 2.64. The monoisotopic (exact) mass is 344 g/mol. The zero-order valence-corrected chi connectivity index (χ0v) is 15.4. The summed E-state index contributed by atoms with van der Waals surface area (Å²) in [5, 5.41) is 8.25. The van der Waals surface area contributed by atoms with Crippen molar-refractivity contribution < 1.29 is 24.2 Å². The molecule has 0 heterocycles. The molecule has 0 bridgehead atoms. The lowest BCUT2D eigenvalue weighted by Gasteiger charge is -2.05. The van der Waals surface area contributed by atoms with Crippen molar-refractivity contribution in [3.63, 3.8) is 0 Å². The highest BCUT2D eigenvalue weighted by atomic mass is 16.7. The Morgan fingerprint density at radius 1 is 0.667 bits per heavy atom. The summed E-state index contributed by atoms with van der Waals surface area (Å²) in [5.41, 5.74) is 0. The van der Waals surface area contributed by atoms with Crippen molar-refractivity contribution in [1.29, 1.82) is 0 Å². The van der Waals surface area contributed by atoms with Crippen LogP contribution in [-0.2, 0) is 14.3 Å². The first-order valence-corrected chi connectivity index (χ1v) is 9.68. The smallest absolute Gasteiger partial charge is 0.462 e. The molecule has 0 unspecified atom stereocenters. The SMILES string of the molecule is CCCCCCCCCCCCCCCC(=O)OCCOC(=O)O. The highest BCUT2D eigenvalue weighted by molar-refractivity contribution is 5.69. The molecule has 24 heavy (non-hydrogen) atoms. The van der Waals surface area contributed by atoms with Gasteiger partial charge in [0.2, 0.25) is 0 Å². The van der Waals surface area contributed by atoms with Gasteiger partial charge in [-0.15, -0.1) is 0 Å². The third kappa shape index (κ3) is 18.8. The van der Waals surface area contributed by atoms with E-state index in [1.54, 1.807) is 0 Å². The van der Waals surface area contributed by atoms with Gasteiger partial charge in [-0.2, -0.15) is 0 Å². The van der Waals surface area contributed by atoms with Crippen molar-refractivity contribution in [2.75, 3.05) is 13.2 Å². The molecule has 0 aromatic carbocycles. The predicted molar refractivity (Wildman–Crippen MR) is 95.2 cm³/mol. The first-order valence-electron chi connectivity index (χ1n) is 9.68. The van der Waals surface area contributed by atoms with Gasteiger partial charge < -0.3 is 14.6 Å².